The van der Waals surface area contributed by atoms with Gasteiger partial charge in [0.1, 0.15) is 5.76 Å². The van der Waals surface area contributed by atoms with Crippen molar-refractivity contribution >= 4 is 18.0 Å². The lowest BCUT2D eigenvalue weighted by molar-refractivity contribution is -0.129. The highest BCUT2D eigenvalue weighted by atomic mass is 16.3. The number of carbonyl (C=O) groups is 2. The third-order valence-electron chi connectivity index (χ3n) is 4.50. The van der Waals surface area contributed by atoms with Crippen molar-refractivity contribution in [2.24, 2.45) is 11.0 Å². The third-order valence-corrected chi connectivity index (χ3v) is 4.50. The van der Waals surface area contributed by atoms with Crippen LogP contribution in [-0.4, -0.2) is 29.5 Å². The van der Waals surface area contributed by atoms with E-state index in [0.717, 1.165) is 5.56 Å². The highest BCUT2D eigenvalue weighted by Crippen LogP contribution is 2.20. The Morgan fingerprint density at radius 3 is 2.77 bits per heavy atom. The summed E-state index contributed by atoms with van der Waals surface area (Å²) in [6, 6.07) is 11.6. The maximum atomic E-state index is 12.2. The van der Waals surface area contributed by atoms with Crippen LogP contribution in [0.4, 0.5) is 0 Å². The van der Waals surface area contributed by atoms with Crippen molar-refractivity contribution in [1.82, 2.24) is 10.3 Å². The molecule has 0 saturated carbocycles. The zero-order valence-electron chi connectivity index (χ0n) is 15.0. The minimum atomic E-state index is -0.391. The van der Waals surface area contributed by atoms with Crippen molar-refractivity contribution in [3.05, 3.63) is 59.5 Å². The Morgan fingerprint density at radius 2 is 2.12 bits per heavy atom. The second-order valence-electron chi connectivity index (χ2n) is 6.81. The van der Waals surface area contributed by atoms with Crippen molar-refractivity contribution in [2.45, 2.75) is 32.7 Å². The minimum absolute atomic E-state index is 0.0465. The predicted octanol–water partition coefficient (Wildman–Crippen LogP) is 2.90. The molecule has 2 amide bonds. The molecule has 0 bridgehead atoms. The van der Waals surface area contributed by atoms with Gasteiger partial charge in [-0.25, -0.2) is 5.43 Å². The van der Waals surface area contributed by atoms with E-state index in [-0.39, 0.29) is 18.2 Å². The molecule has 1 fully saturated rings. The third kappa shape index (κ3) is 4.39. The van der Waals surface area contributed by atoms with Crippen molar-refractivity contribution in [1.29, 1.82) is 0 Å². The molecule has 1 aliphatic heterocycles. The molecule has 1 unspecified atom stereocenters. The molecule has 136 valence electrons. The largest absolute Gasteiger partial charge is 0.467 e. The van der Waals surface area contributed by atoms with Crippen LogP contribution in [0, 0.1) is 5.92 Å². The summed E-state index contributed by atoms with van der Waals surface area (Å²) in [5.41, 5.74) is 4.71. The van der Waals surface area contributed by atoms with Gasteiger partial charge in [0, 0.05) is 13.0 Å². The SMILES string of the molecule is CC(C)c1ccc(/C=N/NC(=O)C2CC(=O)N(Cc3ccco3)C2)cc1. The van der Waals surface area contributed by atoms with E-state index in [1.165, 1.54) is 5.56 Å². The molecule has 2 heterocycles. The van der Waals surface area contributed by atoms with E-state index in [1.807, 2.05) is 18.2 Å². The summed E-state index contributed by atoms with van der Waals surface area (Å²) in [7, 11) is 0. The molecule has 6 heteroatoms. The fourth-order valence-electron chi connectivity index (χ4n) is 2.92. The van der Waals surface area contributed by atoms with Crippen LogP contribution in [0.5, 0.6) is 0 Å². The highest BCUT2D eigenvalue weighted by Gasteiger charge is 2.34. The fourth-order valence-corrected chi connectivity index (χ4v) is 2.92. The van der Waals surface area contributed by atoms with Gasteiger partial charge in [0.05, 0.1) is 24.9 Å². The molecule has 0 aliphatic carbocycles. The zero-order valence-corrected chi connectivity index (χ0v) is 15.0. The molecule has 1 atom stereocenters. The Morgan fingerprint density at radius 1 is 1.35 bits per heavy atom. The second kappa shape index (κ2) is 7.99. The molecule has 6 nitrogen and oxygen atoms in total. The highest BCUT2D eigenvalue weighted by molar-refractivity contribution is 5.90. The average molecular weight is 353 g/mol. The normalized spacial score (nSPS) is 17.4. The number of nitrogens with zero attached hydrogens (tertiary/aromatic N) is 2. The fraction of sp³-hybridized carbons (Fsp3) is 0.350. The number of furan rings is 1. The Bertz CT molecular complexity index is 779. The number of hydrogen-bond donors (Lipinski definition) is 1. The van der Waals surface area contributed by atoms with Gasteiger partial charge >= 0.3 is 0 Å². The Balaban J connectivity index is 1.51. The summed E-state index contributed by atoms with van der Waals surface area (Å²) < 4.78 is 5.26. The second-order valence-corrected chi connectivity index (χ2v) is 6.81. The maximum absolute atomic E-state index is 12.2. The Kier molecular flexibility index (Phi) is 5.51. The van der Waals surface area contributed by atoms with Gasteiger partial charge in [-0.3, -0.25) is 9.59 Å². The van der Waals surface area contributed by atoms with Crippen molar-refractivity contribution in [2.75, 3.05) is 6.54 Å². The average Bonchev–Trinajstić information content (AvgIpc) is 3.26. The van der Waals surface area contributed by atoms with Gasteiger partial charge in [0.2, 0.25) is 11.8 Å². The smallest absolute Gasteiger partial charge is 0.245 e. The van der Waals surface area contributed by atoms with Gasteiger partial charge in [-0.05, 0) is 29.2 Å². The first-order chi connectivity index (χ1) is 12.5. The molecule has 1 N–H and O–H groups in total. The van der Waals surface area contributed by atoms with Crippen molar-refractivity contribution in [3.8, 4) is 0 Å². The molecule has 3 rings (SSSR count). The van der Waals surface area contributed by atoms with Gasteiger partial charge < -0.3 is 9.32 Å². The van der Waals surface area contributed by atoms with Crippen LogP contribution in [0.3, 0.4) is 0 Å². The van der Waals surface area contributed by atoms with Gasteiger partial charge in [-0.1, -0.05) is 38.1 Å². The van der Waals surface area contributed by atoms with Crippen LogP contribution in [-0.2, 0) is 16.1 Å². The summed E-state index contributed by atoms with van der Waals surface area (Å²) >= 11 is 0. The maximum Gasteiger partial charge on any atom is 0.245 e. The monoisotopic (exact) mass is 353 g/mol. The number of benzene rings is 1. The van der Waals surface area contributed by atoms with E-state index >= 15 is 0 Å². The van der Waals surface area contributed by atoms with Crippen LogP contribution in [0.15, 0.2) is 52.2 Å². The first-order valence-electron chi connectivity index (χ1n) is 8.76. The van der Waals surface area contributed by atoms with Crippen LogP contribution >= 0.6 is 0 Å². The summed E-state index contributed by atoms with van der Waals surface area (Å²) in [5.74, 6) is 0.509. The first kappa shape index (κ1) is 17.9. The number of likely N-dealkylation sites (tertiary alicyclic amines) is 1. The lowest BCUT2D eigenvalue weighted by Crippen LogP contribution is -2.30. The van der Waals surface area contributed by atoms with E-state index in [2.05, 4.69) is 36.5 Å². The Hall–Kier alpha value is -2.89. The van der Waals surface area contributed by atoms with Crippen LogP contribution in [0.2, 0.25) is 0 Å². The van der Waals surface area contributed by atoms with E-state index < -0.39 is 5.92 Å². The molecular weight excluding hydrogens is 330 g/mol. The minimum Gasteiger partial charge on any atom is -0.467 e. The summed E-state index contributed by atoms with van der Waals surface area (Å²) in [6.45, 7) is 5.05. The Labute approximate surface area is 152 Å². The van der Waals surface area contributed by atoms with Gasteiger partial charge in [-0.2, -0.15) is 5.10 Å². The van der Waals surface area contributed by atoms with E-state index in [9.17, 15) is 9.59 Å². The molecule has 0 radical (unpaired) electrons. The number of nitrogens with one attached hydrogen (secondary N) is 1. The van der Waals surface area contributed by atoms with Crippen molar-refractivity contribution < 1.29 is 14.0 Å². The number of amides is 2. The summed E-state index contributed by atoms with van der Waals surface area (Å²) in [5, 5.41) is 4.01. The molecule has 26 heavy (non-hydrogen) atoms. The number of rotatable bonds is 6. The van der Waals surface area contributed by atoms with Gasteiger partial charge in [0.25, 0.3) is 0 Å². The van der Waals surface area contributed by atoms with E-state index in [1.54, 1.807) is 23.4 Å². The van der Waals surface area contributed by atoms with Gasteiger partial charge in [0.15, 0.2) is 0 Å². The van der Waals surface area contributed by atoms with Crippen molar-refractivity contribution in [3.63, 3.8) is 0 Å². The lowest BCUT2D eigenvalue weighted by atomic mass is 10.0. The topological polar surface area (TPSA) is 74.9 Å². The summed E-state index contributed by atoms with van der Waals surface area (Å²) in [4.78, 5) is 25.9. The zero-order chi connectivity index (χ0) is 18.5. The molecule has 0 spiro atoms. The van der Waals surface area contributed by atoms with Gasteiger partial charge in [-0.15, -0.1) is 0 Å². The molecule has 2 aromatic rings. The predicted molar refractivity (Wildman–Crippen MR) is 98.5 cm³/mol. The number of hydrogen-bond acceptors (Lipinski definition) is 4. The molecule has 1 aromatic carbocycles. The summed E-state index contributed by atoms with van der Waals surface area (Å²) in [6.07, 6.45) is 3.38. The molecule has 1 aliphatic rings. The van der Waals surface area contributed by atoms with E-state index in [4.69, 9.17) is 4.42 Å². The first-order valence-corrected chi connectivity index (χ1v) is 8.76. The van der Waals surface area contributed by atoms with Crippen LogP contribution in [0.25, 0.3) is 0 Å². The van der Waals surface area contributed by atoms with E-state index in [0.29, 0.717) is 24.8 Å². The lowest BCUT2D eigenvalue weighted by Gasteiger charge is -2.14. The van der Waals surface area contributed by atoms with Crippen LogP contribution < -0.4 is 5.43 Å². The number of hydrazone groups is 1. The van der Waals surface area contributed by atoms with Crippen LogP contribution in [0.1, 0.15) is 43.1 Å². The molecular formula is C20H23N3O3. The molecule has 1 saturated heterocycles. The quantitative estimate of drug-likeness (QED) is 0.641. The standard InChI is InChI=1S/C20H23N3O3/c1-14(2)16-7-5-15(6-8-16)11-21-22-20(25)17-10-19(24)23(12-17)13-18-4-3-9-26-18/h3-9,11,14,17H,10,12-13H2,1-2H3,(H,22,25)/b21-11+. The number of carbonyl (C=O) groups excluding carboxylic acids is 2. The molecule has 1 aromatic heterocycles.